The minimum Gasteiger partial charge on any atom is -0.481 e. The van der Waals surface area contributed by atoms with Gasteiger partial charge in [0.15, 0.2) is 5.78 Å². The Bertz CT molecular complexity index is 888. The summed E-state index contributed by atoms with van der Waals surface area (Å²) in [6.07, 6.45) is -1.57. The van der Waals surface area contributed by atoms with Crippen molar-refractivity contribution >= 4 is 29.4 Å². The summed E-state index contributed by atoms with van der Waals surface area (Å²) >= 11 is 0. The predicted octanol–water partition coefficient (Wildman–Crippen LogP) is 2.55. The van der Waals surface area contributed by atoms with Gasteiger partial charge in [-0.3, -0.25) is 19.7 Å². The number of carboxylic acid groups (broad SMARTS) is 1. The van der Waals surface area contributed by atoms with Gasteiger partial charge in [0.1, 0.15) is 19.3 Å². The fraction of sp³-hybridized carbons (Fsp3) is 0.200. The van der Waals surface area contributed by atoms with Gasteiger partial charge in [-0.1, -0.05) is 42.5 Å². The summed E-state index contributed by atoms with van der Waals surface area (Å²) in [6, 6.07) is 13.3. The lowest BCUT2D eigenvalue weighted by molar-refractivity contribution is -0.139. The molecule has 0 bridgehead atoms. The standard InChI is InChI=1S/C20H19FN2O6/c21-11-17(24)16(10-18(25)26)22-19(27)14-8-4-5-9-15(14)23-20(28)29-12-13-6-2-1-3-7-13/h1-9,16H,10-12H2,(H,22,27)(H,23,28)(H,25,26)/t16-/m0/s1. The molecule has 8 nitrogen and oxygen atoms in total. The van der Waals surface area contributed by atoms with Crippen LogP contribution in [0.5, 0.6) is 0 Å². The number of halogens is 1. The highest BCUT2D eigenvalue weighted by Gasteiger charge is 2.25. The van der Waals surface area contributed by atoms with E-state index in [0.717, 1.165) is 5.56 Å². The molecule has 0 aliphatic heterocycles. The van der Waals surface area contributed by atoms with Crippen molar-refractivity contribution in [3.05, 3.63) is 65.7 Å². The Kier molecular flexibility index (Phi) is 7.84. The second-order valence-electron chi connectivity index (χ2n) is 5.96. The van der Waals surface area contributed by atoms with Crippen LogP contribution in [-0.4, -0.2) is 41.6 Å². The number of carbonyl (C=O) groups excluding carboxylic acids is 3. The SMILES string of the molecule is O=C(O)C[C@H](NC(=O)c1ccccc1NC(=O)OCc1ccccc1)C(=O)CF. The molecule has 0 aliphatic carbocycles. The molecule has 0 fully saturated rings. The number of anilines is 1. The normalized spacial score (nSPS) is 11.2. The van der Waals surface area contributed by atoms with E-state index in [9.17, 15) is 23.6 Å². The number of nitrogens with one attached hydrogen (secondary N) is 2. The Balaban J connectivity index is 2.06. The molecule has 0 aliphatic rings. The minimum absolute atomic E-state index is 0.0206. The van der Waals surface area contributed by atoms with Crippen molar-refractivity contribution in [3.8, 4) is 0 Å². The third-order valence-electron chi connectivity index (χ3n) is 3.83. The van der Waals surface area contributed by atoms with E-state index in [1.165, 1.54) is 18.2 Å². The van der Waals surface area contributed by atoms with E-state index in [0.29, 0.717) is 0 Å². The second kappa shape index (κ2) is 10.5. The number of hydrogen-bond acceptors (Lipinski definition) is 5. The largest absolute Gasteiger partial charge is 0.481 e. The molecule has 152 valence electrons. The zero-order chi connectivity index (χ0) is 21.2. The first-order valence-corrected chi connectivity index (χ1v) is 8.58. The first-order chi connectivity index (χ1) is 13.9. The summed E-state index contributed by atoms with van der Waals surface area (Å²) in [5.74, 6) is -3.27. The first-order valence-electron chi connectivity index (χ1n) is 8.58. The molecule has 2 rings (SSSR count). The van der Waals surface area contributed by atoms with Crippen LogP contribution in [0.4, 0.5) is 14.9 Å². The third-order valence-corrected chi connectivity index (χ3v) is 3.83. The van der Waals surface area contributed by atoms with Crippen LogP contribution in [0.2, 0.25) is 0 Å². The highest BCUT2D eigenvalue weighted by atomic mass is 19.1. The molecule has 0 radical (unpaired) electrons. The van der Waals surface area contributed by atoms with Gasteiger partial charge in [0.05, 0.1) is 17.7 Å². The van der Waals surface area contributed by atoms with E-state index in [1.807, 2.05) is 6.07 Å². The van der Waals surface area contributed by atoms with E-state index in [4.69, 9.17) is 9.84 Å². The Morgan fingerprint density at radius 2 is 1.66 bits per heavy atom. The number of alkyl halides is 1. The molecular formula is C20H19FN2O6. The molecule has 0 unspecified atom stereocenters. The van der Waals surface area contributed by atoms with Gasteiger partial charge in [0.25, 0.3) is 5.91 Å². The van der Waals surface area contributed by atoms with Gasteiger partial charge < -0.3 is 15.2 Å². The number of aliphatic carboxylic acids is 1. The summed E-state index contributed by atoms with van der Waals surface area (Å²) in [5.41, 5.74) is 0.825. The van der Waals surface area contributed by atoms with Crippen molar-refractivity contribution in [1.29, 1.82) is 0 Å². The Morgan fingerprint density at radius 1 is 1.00 bits per heavy atom. The van der Waals surface area contributed by atoms with Crippen LogP contribution in [0.3, 0.4) is 0 Å². The highest BCUT2D eigenvalue weighted by Crippen LogP contribution is 2.16. The van der Waals surface area contributed by atoms with E-state index in [2.05, 4.69) is 10.6 Å². The van der Waals surface area contributed by atoms with E-state index in [1.54, 1.807) is 30.3 Å². The second-order valence-corrected chi connectivity index (χ2v) is 5.96. The quantitative estimate of drug-likeness (QED) is 0.593. The van der Waals surface area contributed by atoms with Crippen LogP contribution in [0.25, 0.3) is 0 Å². The van der Waals surface area contributed by atoms with Gasteiger partial charge >= 0.3 is 12.1 Å². The maximum atomic E-state index is 12.6. The molecule has 9 heteroatoms. The summed E-state index contributed by atoms with van der Waals surface area (Å²) in [4.78, 5) is 46.9. The third kappa shape index (κ3) is 6.73. The van der Waals surface area contributed by atoms with Crippen molar-refractivity contribution in [2.45, 2.75) is 19.1 Å². The number of Topliss-reactive ketones (excluding diaryl/α,β-unsaturated/α-hetero) is 1. The zero-order valence-corrected chi connectivity index (χ0v) is 15.3. The molecule has 1 atom stereocenters. The van der Waals surface area contributed by atoms with Gasteiger partial charge in [0, 0.05) is 0 Å². The van der Waals surface area contributed by atoms with Crippen LogP contribution in [0.15, 0.2) is 54.6 Å². The van der Waals surface area contributed by atoms with Gasteiger partial charge in [-0.15, -0.1) is 0 Å². The molecular weight excluding hydrogens is 383 g/mol. The van der Waals surface area contributed by atoms with Gasteiger partial charge in [-0.2, -0.15) is 0 Å². The van der Waals surface area contributed by atoms with Crippen LogP contribution >= 0.6 is 0 Å². The van der Waals surface area contributed by atoms with Gasteiger partial charge in [-0.05, 0) is 17.7 Å². The number of amides is 2. The zero-order valence-electron chi connectivity index (χ0n) is 15.3. The van der Waals surface area contributed by atoms with Crippen LogP contribution in [0.1, 0.15) is 22.3 Å². The van der Waals surface area contributed by atoms with Crippen molar-refractivity contribution in [1.82, 2.24) is 5.32 Å². The number of ether oxygens (including phenoxy) is 1. The number of benzene rings is 2. The van der Waals surface area contributed by atoms with E-state index in [-0.39, 0.29) is 17.9 Å². The molecule has 0 aromatic heterocycles. The number of carboxylic acids is 1. The molecule has 2 amide bonds. The van der Waals surface area contributed by atoms with Crippen LogP contribution in [-0.2, 0) is 20.9 Å². The summed E-state index contributed by atoms with van der Waals surface area (Å²) in [7, 11) is 0. The molecule has 0 spiro atoms. The average molecular weight is 402 g/mol. The fourth-order valence-electron chi connectivity index (χ4n) is 2.41. The highest BCUT2D eigenvalue weighted by molar-refractivity contribution is 6.04. The average Bonchev–Trinajstić information content (AvgIpc) is 2.72. The summed E-state index contributed by atoms with van der Waals surface area (Å²) < 4.78 is 17.7. The lowest BCUT2D eigenvalue weighted by Crippen LogP contribution is -2.43. The lowest BCUT2D eigenvalue weighted by atomic mass is 10.1. The topological polar surface area (TPSA) is 122 Å². The monoisotopic (exact) mass is 402 g/mol. The number of carbonyl (C=O) groups is 4. The summed E-state index contributed by atoms with van der Waals surface area (Å²) in [5, 5.41) is 13.4. The van der Waals surface area contributed by atoms with Gasteiger partial charge in [-0.25, -0.2) is 9.18 Å². The maximum absolute atomic E-state index is 12.6. The fourth-order valence-corrected chi connectivity index (χ4v) is 2.41. The number of para-hydroxylation sites is 1. The molecule has 3 N–H and O–H groups in total. The Morgan fingerprint density at radius 3 is 2.31 bits per heavy atom. The molecule has 0 saturated heterocycles. The first kappa shape index (κ1) is 21.5. The molecule has 2 aromatic carbocycles. The van der Waals surface area contributed by atoms with E-state index < -0.39 is 42.9 Å². The number of ketones is 1. The smallest absolute Gasteiger partial charge is 0.411 e. The number of rotatable bonds is 9. The molecule has 0 saturated carbocycles. The van der Waals surface area contributed by atoms with Crippen molar-refractivity contribution in [3.63, 3.8) is 0 Å². The molecule has 29 heavy (non-hydrogen) atoms. The van der Waals surface area contributed by atoms with Crippen LogP contribution in [0, 0.1) is 0 Å². The minimum atomic E-state index is -1.52. The van der Waals surface area contributed by atoms with Crippen molar-refractivity contribution in [2.75, 3.05) is 12.0 Å². The molecule has 2 aromatic rings. The lowest BCUT2D eigenvalue weighted by Gasteiger charge is -2.16. The Labute approximate surface area is 165 Å². The maximum Gasteiger partial charge on any atom is 0.411 e. The van der Waals surface area contributed by atoms with Crippen LogP contribution < -0.4 is 10.6 Å². The predicted molar refractivity (Wildman–Crippen MR) is 101 cm³/mol. The van der Waals surface area contributed by atoms with Crippen molar-refractivity contribution in [2.24, 2.45) is 0 Å². The molecule has 0 heterocycles. The van der Waals surface area contributed by atoms with Gasteiger partial charge in [0.2, 0.25) is 0 Å². The van der Waals surface area contributed by atoms with E-state index >= 15 is 0 Å². The number of hydrogen-bond donors (Lipinski definition) is 3. The Hall–Kier alpha value is -3.75. The summed E-state index contributed by atoms with van der Waals surface area (Å²) in [6.45, 7) is -1.39. The van der Waals surface area contributed by atoms with Crippen molar-refractivity contribution < 1.29 is 33.4 Å².